The van der Waals surface area contributed by atoms with Crippen molar-refractivity contribution in [2.24, 2.45) is 0 Å². The number of ether oxygens (including phenoxy) is 2. The molecule has 0 aromatic heterocycles. The van der Waals surface area contributed by atoms with Crippen molar-refractivity contribution in [3.8, 4) is 11.5 Å². The zero-order valence-corrected chi connectivity index (χ0v) is 10.2. The van der Waals surface area contributed by atoms with Crippen LogP contribution in [-0.2, 0) is 0 Å². The van der Waals surface area contributed by atoms with Crippen LogP contribution < -0.4 is 9.47 Å². The van der Waals surface area contributed by atoms with Crippen LogP contribution in [0, 0.1) is 0 Å². The number of carbonyl (C=O) groups excluding carboxylic acids is 1. The number of rotatable bonds is 3. The number of benzene rings is 2. The molecule has 0 spiro atoms. The molecule has 2 rings (SSSR count). The Morgan fingerprint density at radius 1 is 1.18 bits per heavy atom. The molecule has 0 fully saturated rings. The van der Waals surface area contributed by atoms with Crippen molar-refractivity contribution in [2.45, 2.75) is 0 Å². The van der Waals surface area contributed by atoms with Crippen molar-refractivity contribution in [3.05, 3.63) is 35.9 Å². The van der Waals surface area contributed by atoms with E-state index in [9.17, 15) is 4.79 Å². The fourth-order valence-corrected chi connectivity index (χ4v) is 2.04. The minimum Gasteiger partial charge on any atom is -0.493 e. The van der Waals surface area contributed by atoms with Crippen LogP contribution in [0.15, 0.2) is 30.3 Å². The molecule has 0 saturated carbocycles. The molecule has 0 heterocycles. The Bertz CT molecular complexity index is 578. The summed E-state index contributed by atoms with van der Waals surface area (Å²) >= 11 is 5.62. The average molecular weight is 251 g/mol. The summed E-state index contributed by atoms with van der Waals surface area (Å²) < 4.78 is 10.4. The molecule has 17 heavy (non-hydrogen) atoms. The second-order valence-corrected chi connectivity index (χ2v) is 3.83. The maximum absolute atomic E-state index is 11.5. The number of carbonyl (C=O) groups is 1. The number of halogens is 1. The molecule has 2 aromatic carbocycles. The van der Waals surface area contributed by atoms with Crippen molar-refractivity contribution in [2.75, 3.05) is 14.2 Å². The number of hydrogen-bond acceptors (Lipinski definition) is 3. The molecule has 0 aliphatic carbocycles. The van der Waals surface area contributed by atoms with Crippen molar-refractivity contribution >= 4 is 27.6 Å². The molecular weight excluding hydrogens is 240 g/mol. The van der Waals surface area contributed by atoms with E-state index >= 15 is 0 Å². The van der Waals surface area contributed by atoms with Gasteiger partial charge in [-0.1, -0.05) is 24.3 Å². The molecule has 0 saturated heterocycles. The van der Waals surface area contributed by atoms with Gasteiger partial charge >= 0.3 is 0 Å². The Morgan fingerprint density at radius 3 is 2.47 bits per heavy atom. The normalized spacial score (nSPS) is 10.3. The van der Waals surface area contributed by atoms with Crippen molar-refractivity contribution in [1.29, 1.82) is 0 Å². The molecule has 0 bridgehead atoms. The van der Waals surface area contributed by atoms with E-state index in [0.717, 1.165) is 10.8 Å². The minimum absolute atomic E-state index is 0.337. The Labute approximate surface area is 104 Å². The van der Waals surface area contributed by atoms with E-state index in [-0.39, 0.29) is 0 Å². The van der Waals surface area contributed by atoms with Crippen LogP contribution >= 0.6 is 11.6 Å². The largest absolute Gasteiger partial charge is 0.493 e. The van der Waals surface area contributed by atoms with E-state index in [2.05, 4.69) is 0 Å². The fourth-order valence-electron chi connectivity index (χ4n) is 1.85. The summed E-state index contributed by atoms with van der Waals surface area (Å²) in [7, 11) is 3.01. The van der Waals surface area contributed by atoms with E-state index in [1.165, 1.54) is 14.2 Å². The lowest BCUT2D eigenvalue weighted by molar-refractivity contribution is 0.107. The first-order chi connectivity index (χ1) is 8.19. The summed E-state index contributed by atoms with van der Waals surface area (Å²) in [5, 5.41) is 1.08. The Kier molecular flexibility index (Phi) is 3.20. The maximum Gasteiger partial charge on any atom is 0.256 e. The summed E-state index contributed by atoms with van der Waals surface area (Å²) in [5.41, 5.74) is 0.337. The second kappa shape index (κ2) is 4.63. The molecule has 0 amide bonds. The molecule has 0 aliphatic rings. The number of hydrogen-bond donors (Lipinski definition) is 0. The van der Waals surface area contributed by atoms with E-state index in [4.69, 9.17) is 21.1 Å². The van der Waals surface area contributed by atoms with Crippen LogP contribution in [0.3, 0.4) is 0 Å². The highest BCUT2D eigenvalue weighted by Gasteiger charge is 2.19. The SMILES string of the molecule is COc1cc2ccccc2c(C(=O)Cl)c1OC. The van der Waals surface area contributed by atoms with Crippen LogP contribution in [0.2, 0.25) is 0 Å². The van der Waals surface area contributed by atoms with Crippen LogP contribution in [0.1, 0.15) is 10.4 Å². The first-order valence-electron chi connectivity index (χ1n) is 5.02. The smallest absolute Gasteiger partial charge is 0.256 e. The van der Waals surface area contributed by atoms with Crippen LogP contribution in [0.25, 0.3) is 10.8 Å². The van der Waals surface area contributed by atoms with Crippen LogP contribution in [0.5, 0.6) is 11.5 Å². The third kappa shape index (κ3) is 1.94. The number of fused-ring (bicyclic) bond motifs is 1. The molecule has 0 aliphatic heterocycles. The first-order valence-corrected chi connectivity index (χ1v) is 5.40. The molecule has 0 radical (unpaired) electrons. The van der Waals surface area contributed by atoms with Gasteiger partial charge in [-0.15, -0.1) is 0 Å². The molecular formula is C13H11ClO3. The minimum atomic E-state index is -0.558. The summed E-state index contributed by atoms with van der Waals surface area (Å²) in [4.78, 5) is 11.5. The lowest BCUT2D eigenvalue weighted by atomic mass is 10.0. The Hall–Kier alpha value is -1.74. The molecule has 0 atom stereocenters. The zero-order valence-electron chi connectivity index (χ0n) is 9.49. The third-order valence-electron chi connectivity index (χ3n) is 2.59. The van der Waals surface area contributed by atoms with E-state index < -0.39 is 5.24 Å². The van der Waals surface area contributed by atoms with Gasteiger partial charge in [0.2, 0.25) is 0 Å². The topological polar surface area (TPSA) is 35.5 Å². The fraction of sp³-hybridized carbons (Fsp3) is 0.154. The highest BCUT2D eigenvalue weighted by Crippen LogP contribution is 2.38. The van der Waals surface area contributed by atoms with E-state index in [1.807, 2.05) is 30.3 Å². The summed E-state index contributed by atoms with van der Waals surface area (Å²) in [5.74, 6) is 0.862. The first kappa shape index (κ1) is 11.7. The summed E-state index contributed by atoms with van der Waals surface area (Å²) in [6.45, 7) is 0. The predicted molar refractivity (Wildman–Crippen MR) is 67.2 cm³/mol. The average Bonchev–Trinajstić information content (AvgIpc) is 2.35. The van der Waals surface area contributed by atoms with Crippen LogP contribution in [0.4, 0.5) is 0 Å². The Morgan fingerprint density at radius 2 is 1.88 bits per heavy atom. The van der Waals surface area contributed by atoms with Crippen molar-refractivity contribution < 1.29 is 14.3 Å². The van der Waals surface area contributed by atoms with Gasteiger partial charge in [-0.3, -0.25) is 4.79 Å². The van der Waals surface area contributed by atoms with Gasteiger partial charge in [0.25, 0.3) is 5.24 Å². The van der Waals surface area contributed by atoms with E-state index in [0.29, 0.717) is 17.1 Å². The van der Waals surface area contributed by atoms with Gasteiger partial charge in [-0.2, -0.15) is 0 Å². The van der Waals surface area contributed by atoms with E-state index in [1.54, 1.807) is 0 Å². The third-order valence-corrected chi connectivity index (χ3v) is 2.78. The molecule has 0 N–H and O–H groups in total. The summed E-state index contributed by atoms with van der Waals surface area (Å²) in [6.07, 6.45) is 0. The molecule has 4 heteroatoms. The van der Waals surface area contributed by atoms with Gasteiger partial charge < -0.3 is 9.47 Å². The maximum atomic E-state index is 11.5. The molecule has 3 nitrogen and oxygen atoms in total. The van der Waals surface area contributed by atoms with Crippen molar-refractivity contribution in [3.63, 3.8) is 0 Å². The van der Waals surface area contributed by atoms with Crippen LogP contribution in [-0.4, -0.2) is 19.5 Å². The van der Waals surface area contributed by atoms with Gasteiger partial charge in [0, 0.05) is 0 Å². The molecule has 2 aromatic rings. The van der Waals surface area contributed by atoms with Gasteiger partial charge in [0.05, 0.1) is 19.8 Å². The van der Waals surface area contributed by atoms with Gasteiger partial charge in [0.15, 0.2) is 11.5 Å². The monoisotopic (exact) mass is 250 g/mol. The zero-order chi connectivity index (χ0) is 12.4. The van der Waals surface area contributed by atoms with Crippen molar-refractivity contribution in [1.82, 2.24) is 0 Å². The predicted octanol–water partition coefficient (Wildman–Crippen LogP) is 3.24. The van der Waals surface area contributed by atoms with Gasteiger partial charge in [-0.25, -0.2) is 0 Å². The highest BCUT2D eigenvalue weighted by atomic mass is 35.5. The Balaban J connectivity index is 2.90. The lowest BCUT2D eigenvalue weighted by Gasteiger charge is -2.13. The van der Waals surface area contributed by atoms with Gasteiger partial charge in [0.1, 0.15) is 0 Å². The number of methoxy groups -OCH3 is 2. The highest BCUT2D eigenvalue weighted by molar-refractivity contribution is 6.69. The molecule has 88 valence electrons. The molecule has 0 unspecified atom stereocenters. The summed E-state index contributed by atoms with van der Waals surface area (Å²) in [6, 6.07) is 9.26. The standard InChI is InChI=1S/C13H11ClO3/c1-16-10-7-8-5-3-4-6-9(8)11(13(14)15)12(10)17-2/h3-7H,1-2H3. The van der Waals surface area contributed by atoms with Gasteiger partial charge in [-0.05, 0) is 28.4 Å². The second-order valence-electron chi connectivity index (χ2n) is 3.48. The lowest BCUT2D eigenvalue weighted by Crippen LogP contribution is -2.00. The quantitative estimate of drug-likeness (QED) is 0.785.